The minimum absolute atomic E-state index is 0.173. The van der Waals surface area contributed by atoms with Crippen LogP contribution in [0.2, 0.25) is 0 Å². The van der Waals surface area contributed by atoms with E-state index in [0.29, 0.717) is 17.2 Å². The van der Waals surface area contributed by atoms with E-state index >= 15 is 0 Å². The highest BCUT2D eigenvalue weighted by molar-refractivity contribution is 6.12. The standard InChI is InChI=1S/C23H22N2O3.C4H6O6/c1-25(2)15-8-10-22-18(12-15)17-11-14(7-9-21(17)28-22)24-23(26)19-13-27-20-6-4-3-5-16(19)20;5-1(3(7)8)2(6)4(9)10/h3-7,9,11,13,15H,8,10,12H2,1-2H3,(H,24,26);1-2,5-6H,(H,7,8)(H,9,10). The zero-order valence-corrected chi connectivity index (χ0v) is 20.7. The first-order valence-corrected chi connectivity index (χ1v) is 11.9. The fraction of sp³-hybridized carbons (Fsp3) is 0.296. The van der Waals surface area contributed by atoms with Gasteiger partial charge in [0.05, 0.1) is 5.56 Å². The number of hydrogen-bond acceptors (Lipinski definition) is 8. The minimum atomic E-state index is -2.27. The van der Waals surface area contributed by atoms with E-state index in [-0.39, 0.29) is 5.91 Å². The van der Waals surface area contributed by atoms with Crippen LogP contribution in [-0.4, -0.2) is 75.5 Å². The summed E-state index contributed by atoms with van der Waals surface area (Å²) in [5, 5.41) is 37.4. The third-order valence-corrected chi connectivity index (χ3v) is 6.54. The van der Waals surface area contributed by atoms with Crippen molar-refractivity contribution < 1.29 is 43.6 Å². The summed E-state index contributed by atoms with van der Waals surface area (Å²) in [5.41, 5.74) is 4.17. The van der Waals surface area contributed by atoms with Crippen molar-refractivity contribution in [2.24, 2.45) is 0 Å². The molecule has 2 heterocycles. The maximum absolute atomic E-state index is 12.8. The zero-order chi connectivity index (χ0) is 27.6. The first-order valence-electron chi connectivity index (χ1n) is 11.9. The molecule has 1 aliphatic carbocycles. The fourth-order valence-electron chi connectivity index (χ4n) is 4.40. The molecule has 0 spiro atoms. The van der Waals surface area contributed by atoms with Crippen molar-refractivity contribution >= 4 is 45.5 Å². The third-order valence-electron chi connectivity index (χ3n) is 6.54. The maximum atomic E-state index is 12.8. The van der Waals surface area contributed by atoms with Crippen LogP contribution in [0, 0.1) is 0 Å². The van der Waals surface area contributed by atoms with E-state index in [1.807, 2.05) is 42.5 Å². The number of carboxylic acid groups (broad SMARTS) is 2. The number of aryl methyl sites for hydroxylation is 1. The number of carboxylic acids is 2. The molecule has 11 heteroatoms. The van der Waals surface area contributed by atoms with E-state index in [1.54, 1.807) is 0 Å². The molecular weight excluding hydrogens is 496 g/mol. The Hall–Kier alpha value is -4.19. The number of furan rings is 2. The van der Waals surface area contributed by atoms with Gasteiger partial charge in [0.1, 0.15) is 23.2 Å². The number of likely N-dealkylation sites (N-methyl/N-ethyl adjacent to an activating group) is 1. The SMILES string of the molecule is CN(C)C1CCc2oc3ccc(NC(=O)c4coc5ccccc45)cc3c2C1.O=C(O)C(O)C(O)C(=O)O. The van der Waals surface area contributed by atoms with Crippen LogP contribution >= 0.6 is 0 Å². The maximum Gasteiger partial charge on any atom is 0.335 e. The van der Waals surface area contributed by atoms with Crippen molar-refractivity contribution in [2.45, 2.75) is 37.5 Å². The number of amides is 1. The fourth-order valence-corrected chi connectivity index (χ4v) is 4.40. The summed E-state index contributed by atoms with van der Waals surface area (Å²) < 4.78 is 11.6. The Kier molecular flexibility index (Phi) is 7.81. The van der Waals surface area contributed by atoms with Gasteiger partial charge in [0, 0.05) is 34.5 Å². The van der Waals surface area contributed by atoms with Gasteiger partial charge in [0.25, 0.3) is 5.91 Å². The van der Waals surface area contributed by atoms with Crippen LogP contribution in [-0.2, 0) is 22.4 Å². The summed E-state index contributed by atoms with van der Waals surface area (Å²) in [4.78, 5) is 34.6. The Labute approximate surface area is 216 Å². The lowest BCUT2D eigenvalue weighted by atomic mass is 9.91. The van der Waals surface area contributed by atoms with E-state index in [4.69, 9.17) is 29.3 Å². The van der Waals surface area contributed by atoms with Crippen molar-refractivity contribution in [3.05, 3.63) is 65.6 Å². The number of hydrogen-bond donors (Lipinski definition) is 5. The van der Waals surface area contributed by atoms with Crippen LogP contribution in [0.15, 0.2) is 57.6 Å². The summed E-state index contributed by atoms with van der Waals surface area (Å²) in [6, 6.07) is 13.9. The van der Waals surface area contributed by atoms with Crippen molar-refractivity contribution in [3.63, 3.8) is 0 Å². The summed E-state index contributed by atoms with van der Waals surface area (Å²) in [5.74, 6) is -2.63. The number of carbonyl (C=O) groups excluding carboxylic acids is 1. The molecular formula is C27H28N2O9. The molecule has 1 aliphatic rings. The molecule has 3 atom stereocenters. The third kappa shape index (κ3) is 5.54. The van der Waals surface area contributed by atoms with Gasteiger partial charge in [-0.3, -0.25) is 4.79 Å². The molecule has 0 aliphatic heterocycles. The van der Waals surface area contributed by atoms with Gasteiger partial charge < -0.3 is 39.5 Å². The number of fused-ring (bicyclic) bond motifs is 4. The predicted octanol–water partition coefficient (Wildman–Crippen LogP) is 2.73. The molecule has 0 radical (unpaired) electrons. The monoisotopic (exact) mass is 524 g/mol. The Balaban J connectivity index is 0.000000289. The highest BCUT2D eigenvalue weighted by atomic mass is 16.4. The van der Waals surface area contributed by atoms with Gasteiger partial charge in [-0.2, -0.15) is 0 Å². The van der Waals surface area contributed by atoms with Crippen molar-refractivity contribution in [1.82, 2.24) is 4.90 Å². The topological polar surface area (TPSA) is 174 Å². The Morgan fingerprint density at radius 3 is 2.32 bits per heavy atom. The second-order valence-corrected chi connectivity index (χ2v) is 9.24. The number of aliphatic hydroxyl groups is 2. The van der Waals surface area contributed by atoms with E-state index in [0.717, 1.165) is 47.1 Å². The van der Waals surface area contributed by atoms with Crippen LogP contribution in [0.25, 0.3) is 21.9 Å². The Morgan fingerprint density at radius 1 is 0.974 bits per heavy atom. The number of nitrogens with one attached hydrogen (secondary N) is 1. The normalized spacial score (nSPS) is 16.4. The van der Waals surface area contributed by atoms with Gasteiger partial charge in [-0.05, 0) is 51.2 Å². The number of para-hydroxylation sites is 1. The molecule has 2 aromatic heterocycles. The summed E-state index contributed by atoms with van der Waals surface area (Å²) in [7, 11) is 4.25. The lowest BCUT2D eigenvalue weighted by Gasteiger charge is -2.27. The molecule has 2 aromatic carbocycles. The molecule has 38 heavy (non-hydrogen) atoms. The van der Waals surface area contributed by atoms with E-state index in [2.05, 4.69) is 24.3 Å². The first-order chi connectivity index (χ1) is 18.1. The minimum Gasteiger partial charge on any atom is -0.479 e. The smallest absolute Gasteiger partial charge is 0.335 e. The average molecular weight is 525 g/mol. The lowest BCUT2D eigenvalue weighted by molar-refractivity contribution is -0.165. The van der Waals surface area contributed by atoms with Crippen molar-refractivity contribution in [3.8, 4) is 0 Å². The van der Waals surface area contributed by atoms with Crippen LogP contribution in [0.5, 0.6) is 0 Å². The number of nitrogens with zero attached hydrogens (tertiary/aromatic N) is 1. The van der Waals surface area contributed by atoms with Crippen LogP contribution < -0.4 is 5.32 Å². The van der Waals surface area contributed by atoms with E-state index in [1.165, 1.54) is 11.8 Å². The number of aliphatic hydroxyl groups excluding tert-OH is 2. The largest absolute Gasteiger partial charge is 0.479 e. The molecule has 5 rings (SSSR count). The van der Waals surface area contributed by atoms with Gasteiger partial charge in [0.15, 0.2) is 12.2 Å². The van der Waals surface area contributed by atoms with Crippen LogP contribution in [0.3, 0.4) is 0 Å². The van der Waals surface area contributed by atoms with Gasteiger partial charge in [-0.1, -0.05) is 18.2 Å². The number of carbonyl (C=O) groups is 3. The predicted molar refractivity (Wildman–Crippen MR) is 137 cm³/mol. The first kappa shape index (κ1) is 26.9. The van der Waals surface area contributed by atoms with E-state index < -0.39 is 24.1 Å². The van der Waals surface area contributed by atoms with Gasteiger partial charge >= 0.3 is 11.9 Å². The van der Waals surface area contributed by atoms with Crippen LogP contribution in [0.1, 0.15) is 28.1 Å². The number of anilines is 1. The second kappa shape index (κ2) is 11.1. The lowest BCUT2D eigenvalue weighted by Crippen LogP contribution is -2.39. The molecule has 1 amide bonds. The Bertz CT molecular complexity index is 1470. The molecule has 5 N–H and O–H groups in total. The van der Waals surface area contributed by atoms with Gasteiger partial charge in [-0.15, -0.1) is 0 Å². The van der Waals surface area contributed by atoms with Crippen LogP contribution in [0.4, 0.5) is 5.69 Å². The van der Waals surface area contributed by atoms with Crippen molar-refractivity contribution in [1.29, 1.82) is 0 Å². The zero-order valence-electron chi connectivity index (χ0n) is 20.7. The summed E-state index contributed by atoms with van der Waals surface area (Å²) in [6.45, 7) is 0. The van der Waals surface area contributed by atoms with E-state index in [9.17, 15) is 14.4 Å². The number of benzene rings is 2. The second-order valence-electron chi connectivity index (χ2n) is 9.24. The number of aliphatic carboxylic acids is 2. The molecule has 4 aromatic rings. The number of rotatable bonds is 6. The molecule has 0 saturated heterocycles. The quantitative estimate of drug-likeness (QED) is 0.252. The van der Waals surface area contributed by atoms with Gasteiger partial charge in [0.2, 0.25) is 0 Å². The summed E-state index contributed by atoms with van der Waals surface area (Å²) in [6.07, 6.45) is 0.0148. The average Bonchev–Trinajstić information content (AvgIpc) is 3.49. The molecule has 3 unspecified atom stereocenters. The molecule has 0 saturated carbocycles. The molecule has 0 bridgehead atoms. The van der Waals surface area contributed by atoms with Crippen molar-refractivity contribution in [2.75, 3.05) is 19.4 Å². The molecule has 11 nitrogen and oxygen atoms in total. The highest BCUT2D eigenvalue weighted by Gasteiger charge is 2.29. The highest BCUT2D eigenvalue weighted by Crippen LogP contribution is 2.34. The summed E-state index contributed by atoms with van der Waals surface area (Å²) >= 11 is 0. The van der Waals surface area contributed by atoms with Gasteiger partial charge in [-0.25, -0.2) is 9.59 Å². The Morgan fingerprint density at radius 2 is 1.66 bits per heavy atom. The molecule has 0 fully saturated rings. The molecule has 200 valence electrons.